The molecule has 0 bridgehead atoms. The number of nitrogens with two attached hydrogens (primary N) is 1. The van der Waals surface area contributed by atoms with Crippen LogP contribution in [0.15, 0.2) is 0 Å². The van der Waals surface area contributed by atoms with Gasteiger partial charge in [0, 0.05) is 31.2 Å². The summed E-state index contributed by atoms with van der Waals surface area (Å²) in [7, 11) is 0. The molecular weight excluding hydrogens is 292 g/mol. The van der Waals surface area contributed by atoms with Gasteiger partial charge in [-0.2, -0.15) is 0 Å². The molecule has 1 saturated heterocycles. The number of hydrogen-bond acceptors (Lipinski definition) is 6. The standard InChI is InChI=1S/C16H22N6O/c1-9-13-8-19-22(10-4-6-23-7-5-10)16(13)21-15(20-9)12-3-2-11(12)14(17)18/h8,10-12,19H,1-7H2,(H3,17,18)/t11-,12-/m1/s1. The number of aromatic nitrogens is 2. The van der Waals surface area contributed by atoms with Crippen molar-refractivity contribution in [2.45, 2.75) is 37.6 Å². The molecule has 2 atom stereocenters. The predicted molar refractivity (Wildman–Crippen MR) is 88.1 cm³/mol. The summed E-state index contributed by atoms with van der Waals surface area (Å²) in [6, 6.07) is 0.369. The number of nitrogens with one attached hydrogen (secondary N) is 2. The fourth-order valence-electron chi connectivity index (χ4n) is 3.62. The first-order valence-corrected chi connectivity index (χ1v) is 8.19. The second kappa shape index (κ2) is 5.49. The van der Waals surface area contributed by atoms with Crippen LogP contribution in [0.5, 0.6) is 0 Å². The first kappa shape index (κ1) is 14.4. The van der Waals surface area contributed by atoms with Gasteiger partial charge in [0.05, 0.1) is 22.4 Å². The Morgan fingerprint density at radius 3 is 2.74 bits per heavy atom. The molecule has 2 aliphatic heterocycles. The van der Waals surface area contributed by atoms with Gasteiger partial charge in [-0.3, -0.25) is 10.4 Å². The fourth-order valence-corrected chi connectivity index (χ4v) is 3.62. The first-order chi connectivity index (χ1) is 11.1. The van der Waals surface area contributed by atoms with E-state index in [1.165, 1.54) is 0 Å². The van der Waals surface area contributed by atoms with E-state index in [-0.39, 0.29) is 17.7 Å². The lowest BCUT2D eigenvalue weighted by atomic mass is 9.72. The summed E-state index contributed by atoms with van der Waals surface area (Å²) in [6.45, 7) is 5.64. The molecule has 3 heterocycles. The van der Waals surface area contributed by atoms with E-state index < -0.39 is 0 Å². The van der Waals surface area contributed by atoms with E-state index in [0.717, 1.165) is 61.1 Å². The Balaban J connectivity index is 1.68. The molecule has 4 N–H and O–H groups in total. The normalized spacial score (nSPS) is 26.9. The Labute approximate surface area is 134 Å². The lowest BCUT2D eigenvalue weighted by Crippen LogP contribution is -2.46. The second-order valence-corrected chi connectivity index (χ2v) is 6.50. The Morgan fingerprint density at radius 1 is 1.30 bits per heavy atom. The predicted octanol–water partition coefficient (Wildman–Crippen LogP) is -0.442. The number of rotatable bonds is 3. The maximum atomic E-state index is 7.70. The van der Waals surface area contributed by atoms with Crippen LogP contribution >= 0.6 is 0 Å². The highest BCUT2D eigenvalue weighted by atomic mass is 16.5. The van der Waals surface area contributed by atoms with Gasteiger partial charge in [0.1, 0.15) is 5.82 Å². The molecule has 0 radical (unpaired) electrons. The molecule has 2 fully saturated rings. The Bertz CT molecular complexity index is 742. The minimum atomic E-state index is 0.0716. The molecule has 1 aromatic rings. The van der Waals surface area contributed by atoms with Gasteiger partial charge in [-0.1, -0.05) is 6.58 Å². The zero-order valence-corrected chi connectivity index (χ0v) is 13.1. The quantitative estimate of drug-likeness (QED) is 0.516. The summed E-state index contributed by atoms with van der Waals surface area (Å²) in [6.07, 6.45) is 5.81. The van der Waals surface area contributed by atoms with Crippen molar-refractivity contribution in [1.29, 1.82) is 5.41 Å². The van der Waals surface area contributed by atoms with Gasteiger partial charge in [0.25, 0.3) is 0 Å². The maximum Gasteiger partial charge on any atom is 0.160 e. The summed E-state index contributed by atoms with van der Waals surface area (Å²) in [5.74, 6) is 2.13. The fraction of sp³-hybridized carbons (Fsp3) is 0.562. The largest absolute Gasteiger partial charge is 0.387 e. The van der Waals surface area contributed by atoms with Crippen molar-refractivity contribution in [3.05, 3.63) is 16.4 Å². The minimum absolute atomic E-state index is 0.0716. The number of nitrogens with zero attached hydrogens (tertiary/aromatic N) is 3. The number of anilines is 1. The number of hydrogen-bond donors (Lipinski definition) is 3. The SMILES string of the molecule is C=c1nc([C@@H]2CC[C@H]2C(=N)N)nc2c1=CNN2C1CCOCC1. The van der Waals surface area contributed by atoms with Crippen LogP contribution in [-0.4, -0.2) is 35.1 Å². The minimum Gasteiger partial charge on any atom is -0.387 e. The average Bonchev–Trinajstić information content (AvgIpc) is 2.91. The number of hydrazine groups is 1. The second-order valence-electron chi connectivity index (χ2n) is 6.50. The van der Waals surface area contributed by atoms with Gasteiger partial charge >= 0.3 is 0 Å². The molecule has 7 heteroatoms. The van der Waals surface area contributed by atoms with Crippen LogP contribution in [0, 0.1) is 11.3 Å². The first-order valence-electron chi connectivity index (χ1n) is 8.19. The summed E-state index contributed by atoms with van der Waals surface area (Å²) in [4.78, 5) is 9.40. The molecular formula is C16H22N6O. The van der Waals surface area contributed by atoms with E-state index in [2.05, 4.69) is 22.0 Å². The van der Waals surface area contributed by atoms with Gasteiger partial charge < -0.3 is 15.9 Å². The Morgan fingerprint density at radius 2 is 2.09 bits per heavy atom. The summed E-state index contributed by atoms with van der Waals surface area (Å²) < 4.78 is 5.45. The van der Waals surface area contributed by atoms with Crippen LogP contribution in [0.3, 0.4) is 0 Å². The van der Waals surface area contributed by atoms with E-state index in [9.17, 15) is 0 Å². The van der Waals surface area contributed by atoms with Crippen LogP contribution in [0.1, 0.15) is 37.4 Å². The Kier molecular flexibility index (Phi) is 3.45. The zero-order chi connectivity index (χ0) is 16.0. The molecule has 122 valence electrons. The molecule has 7 nitrogen and oxygen atoms in total. The van der Waals surface area contributed by atoms with Gasteiger partial charge in [0.2, 0.25) is 0 Å². The topological polar surface area (TPSA) is 100 Å². The van der Waals surface area contributed by atoms with E-state index in [4.69, 9.17) is 20.9 Å². The van der Waals surface area contributed by atoms with Crippen LogP contribution < -0.4 is 26.7 Å². The Hall–Kier alpha value is -2.15. The van der Waals surface area contributed by atoms with Crippen molar-refractivity contribution in [2.24, 2.45) is 11.7 Å². The maximum absolute atomic E-state index is 7.70. The van der Waals surface area contributed by atoms with Crippen LogP contribution in [0.25, 0.3) is 12.8 Å². The molecule has 4 rings (SSSR count). The van der Waals surface area contributed by atoms with Crippen molar-refractivity contribution in [1.82, 2.24) is 15.4 Å². The molecule has 0 amide bonds. The molecule has 3 aliphatic rings. The van der Waals surface area contributed by atoms with Crippen molar-refractivity contribution < 1.29 is 4.74 Å². The number of fused-ring (bicyclic) bond motifs is 1. The third-order valence-corrected chi connectivity index (χ3v) is 5.16. The molecule has 0 spiro atoms. The van der Waals surface area contributed by atoms with Crippen molar-refractivity contribution >= 4 is 24.4 Å². The third kappa shape index (κ3) is 2.35. The summed E-state index contributed by atoms with van der Waals surface area (Å²) >= 11 is 0. The molecule has 1 aliphatic carbocycles. The van der Waals surface area contributed by atoms with Crippen molar-refractivity contribution in [3.63, 3.8) is 0 Å². The average molecular weight is 314 g/mol. The molecule has 1 aromatic heterocycles. The van der Waals surface area contributed by atoms with Crippen LogP contribution in [0.4, 0.5) is 5.82 Å². The van der Waals surface area contributed by atoms with Gasteiger partial charge in [0.15, 0.2) is 5.82 Å². The molecule has 1 saturated carbocycles. The van der Waals surface area contributed by atoms with Crippen LogP contribution in [-0.2, 0) is 4.74 Å². The van der Waals surface area contributed by atoms with Gasteiger partial charge in [-0.05, 0) is 25.7 Å². The highest BCUT2D eigenvalue weighted by Gasteiger charge is 2.37. The van der Waals surface area contributed by atoms with Crippen molar-refractivity contribution in [2.75, 3.05) is 18.2 Å². The highest BCUT2D eigenvalue weighted by Crippen LogP contribution is 2.40. The monoisotopic (exact) mass is 314 g/mol. The van der Waals surface area contributed by atoms with E-state index in [1.807, 2.05) is 6.20 Å². The zero-order valence-electron chi connectivity index (χ0n) is 13.1. The molecule has 0 aromatic carbocycles. The number of ether oxygens (including phenoxy) is 1. The molecule has 0 unspecified atom stereocenters. The lowest BCUT2D eigenvalue weighted by Gasteiger charge is -2.35. The van der Waals surface area contributed by atoms with E-state index >= 15 is 0 Å². The van der Waals surface area contributed by atoms with E-state index in [1.54, 1.807) is 0 Å². The lowest BCUT2D eigenvalue weighted by molar-refractivity contribution is 0.0832. The van der Waals surface area contributed by atoms with Gasteiger partial charge in [-0.25, -0.2) is 9.97 Å². The highest BCUT2D eigenvalue weighted by molar-refractivity contribution is 5.81. The summed E-state index contributed by atoms with van der Waals surface area (Å²) in [5.41, 5.74) is 9.00. The van der Waals surface area contributed by atoms with Gasteiger partial charge in [-0.15, -0.1) is 0 Å². The molecule has 23 heavy (non-hydrogen) atoms. The van der Waals surface area contributed by atoms with Crippen LogP contribution in [0.2, 0.25) is 0 Å². The smallest absolute Gasteiger partial charge is 0.160 e. The van der Waals surface area contributed by atoms with Crippen molar-refractivity contribution in [3.8, 4) is 0 Å². The summed E-state index contributed by atoms with van der Waals surface area (Å²) in [5, 5.41) is 11.5. The number of amidine groups is 1. The third-order valence-electron chi connectivity index (χ3n) is 5.16. The van der Waals surface area contributed by atoms with E-state index in [0.29, 0.717) is 6.04 Å².